The minimum atomic E-state index is -0.484. The summed E-state index contributed by atoms with van der Waals surface area (Å²) in [6.45, 7) is 8.80. The van der Waals surface area contributed by atoms with E-state index in [0.29, 0.717) is 26.0 Å². The number of ether oxygens (including phenoxy) is 1. The predicted molar refractivity (Wildman–Crippen MR) is 57.5 cm³/mol. The third-order valence-electron chi connectivity index (χ3n) is 1.64. The lowest BCUT2D eigenvalue weighted by Crippen LogP contribution is -2.40. The van der Waals surface area contributed by atoms with Gasteiger partial charge in [-0.05, 0) is 27.7 Å². The molecule has 0 aromatic carbocycles. The Morgan fingerprint density at radius 2 is 2.07 bits per heavy atom. The molecule has 0 spiro atoms. The van der Waals surface area contributed by atoms with Crippen LogP contribution in [0.4, 0.5) is 4.79 Å². The van der Waals surface area contributed by atoms with E-state index in [4.69, 9.17) is 4.74 Å². The summed E-state index contributed by atoms with van der Waals surface area (Å²) in [5.74, 6) is 0. The molecule has 0 rings (SSSR count). The SMILES string of the molecule is CCN(CCNC=O)C(=O)OC(C)(C)C. The van der Waals surface area contributed by atoms with Crippen molar-refractivity contribution in [3.63, 3.8) is 0 Å². The Morgan fingerprint density at radius 1 is 1.47 bits per heavy atom. The highest BCUT2D eigenvalue weighted by Crippen LogP contribution is 2.09. The van der Waals surface area contributed by atoms with E-state index in [1.807, 2.05) is 27.7 Å². The maximum absolute atomic E-state index is 11.6. The largest absolute Gasteiger partial charge is 0.444 e. The van der Waals surface area contributed by atoms with Crippen LogP contribution in [0.15, 0.2) is 0 Å². The van der Waals surface area contributed by atoms with Crippen LogP contribution < -0.4 is 5.32 Å². The zero-order valence-electron chi connectivity index (χ0n) is 9.87. The lowest BCUT2D eigenvalue weighted by molar-refractivity contribution is -0.109. The average Bonchev–Trinajstić information content (AvgIpc) is 2.09. The van der Waals surface area contributed by atoms with E-state index in [0.717, 1.165) is 0 Å². The highest BCUT2D eigenvalue weighted by molar-refractivity contribution is 5.68. The monoisotopic (exact) mass is 216 g/mol. The zero-order valence-corrected chi connectivity index (χ0v) is 9.87. The van der Waals surface area contributed by atoms with Crippen molar-refractivity contribution < 1.29 is 14.3 Å². The molecule has 0 bridgehead atoms. The zero-order chi connectivity index (χ0) is 11.9. The van der Waals surface area contributed by atoms with Crippen molar-refractivity contribution in [2.45, 2.75) is 33.3 Å². The Hall–Kier alpha value is -1.26. The Labute approximate surface area is 90.8 Å². The minimum absolute atomic E-state index is 0.349. The van der Waals surface area contributed by atoms with Gasteiger partial charge in [0, 0.05) is 19.6 Å². The second kappa shape index (κ2) is 6.27. The Bertz CT molecular complexity index is 211. The van der Waals surface area contributed by atoms with Crippen molar-refractivity contribution in [2.75, 3.05) is 19.6 Å². The van der Waals surface area contributed by atoms with Gasteiger partial charge in [-0.2, -0.15) is 0 Å². The normalized spacial score (nSPS) is 10.7. The molecule has 5 heteroatoms. The topological polar surface area (TPSA) is 58.6 Å². The van der Waals surface area contributed by atoms with Gasteiger partial charge in [0.05, 0.1) is 0 Å². The summed E-state index contributed by atoms with van der Waals surface area (Å²) in [6, 6.07) is 0. The van der Waals surface area contributed by atoms with E-state index in [9.17, 15) is 9.59 Å². The maximum Gasteiger partial charge on any atom is 0.410 e. The Morgan fingerprint density at radius 3 is 2.47 bits per heavy atom. The molecule has 1 N–H and O–H groups in total. The second-order valence-corrected chi connectivity index (χ2v) is 4.13. The van der Waals surface area contributed by atoms with Crippen molar-refractivity contribution in [1.29, 1.82) is 0 Å². The van der Waals surface area contributed by atoms with E-state index in [1.54, 1.807) is 4.90 Å². The van der Waals surface area contributed by atoms with Crippen molar-refractivity contribution in [1.82, 2.24) is 10.2 Å². The molecule has 0 saturated carbocycles. The molecule has 0 aliphatic rings. The molecular weight excluding hydrogens is 196 g/mol. The van der Waals surface area contributed by atoms with Crippen LogP contribution >= 0.6 is 0 Å². The van der Waals surface area contributed by atoms with Crippen LogP contribution in [0.25, 0.3) is 0 Å². The van der Waals surface area contributed by atoms with Gasteiger partial charge in [-0.15, -0.1) is 0 Å². The Balaban J connectivity index is 4.04. The summed E-state index contributed by atoms with van der Waals surface area (Å²) in [5, 5.41) is 2.50. The van der Waals surface area contributed by atoms with Gasteiger partial charge in [0.2, 0.25) is 6.41 Å². The van der Waals surface area contributed by atoms with Crippen molar-refractivity contribution in [2.24, 2.45) is 0 Å². The summed E-state index contributed by atoms with van der Waals surface area (Å²) >= 11 is 0. The van der Waals surface area contributed by atoms with Crippen LogP contribution in [0.3, 0.4) is 0 Å². The second-order valence-electron chi connectivity index (χ2n) is 4.13. The van der Waals surface area contributed by atoms with Gasteiger partial charge in [-0.1, -0.05) is 0 Å². The van der Waals surface area contributed by atoms with E-state index in [1.165, 1.54) is 0 Å². The molecule has 88 valence electrons. The number of carbonyl (C=O) groups excluding carboxylic acids is 2. The molecule has 2 amide bonds. The quantitative estimate of drug-likeness (QED) is 0.550. The lowest BCUT2D eigenvalue weighted by Gasteiger charge is -2.26. The van der Waals surface area contributed by atoms with Crippen LogP contribution in [-0.2, 0) is 9.53 Å². The van der Waals surface area contributed by atoms with Gasteiger partial charge in [-0.3, -0.25) is 4.79 Å². The summed E-state index contributed by atoms with van der Waals surface area (Å²) in [4.78, 5) is 23.1. The Kier molecular flexibility index (Phi) is 5.74. The summed E-state index contributed by atoms with van der Waals surface area (Å²) in [5.41, 5.74) is -0.484. The molecule has 0 atom stereocenters. The first-order valence-corrected chi connectivity index (χ1v) is 5.05. The van der Waals surface area contributed by atoms with Crippen molar-refractivity contribution >= 4 is 12.5 Å². The van der Waals surface area contributed by atoms with Crippen LogP contribution in [0, 0.1) is 0 Å². The smallest absolute Gasteiger partial charge is 0.410 e. The lowest BCUT2D eigenvalue weighted by atomic mass is 10.2. The highest BCUT2D eigenvalue weighted by Gasteiger charge is 2.20. The van der Waals surface area contributed by atoms with Gasteiger partial charge >= 0.3 is 6.09 Å². The van der Waals surface area contributed by atoms with Crippen LogP contribution in [0.2, 0.25) is 0 Å². The first-order chi connectivity index (χ1) is 6.90. The molecular formula is C10H20N2O3. The molecule has 0 aromatic rings. The number of hydrogen-bond acceptors (Lipinski definition) is 3. The molecule has 0 heterocycles. The number of carbonyl (C=O) groups is 2. The van der Waals surface area contributed by atoms with E-state index in [2.05, 4.69) is 5.32 Å². The molecule has 0 radical (unpaired) electrons. The highest BCUT2D eigenvalue weighted by atomic mass is 16.6. The third kappa shape index (κ3) is 6.76. The molecule has 0 aromatic heterocycles. The van der Waals surface area contributed by atoms with Crippen LogP contribution in [0.5, 0.6) is 0 Å². The van der Waals surface area contributed by atoms with Gasteiger partial charge < -0.3 is 15.0 Å². The fourth-order valence-corrected chi connectivity index (χ4v) is 0.963. The summed E-state index contributed by atoms with van der Waals surface area (Å²) < 4.78 is 5.19. The third-order valence-corrected chi connectivity index (χ3v) is 1.64. The van der Waals surface area contributed by atoms with Crippen molar-refractivity contribution in [3.8, 4) is 0 Å². The molecule has 0 aliphatic heterocycles. The summed E-state index contributed by atoms with van der Waals surface area (Å²) in [6.07, 6.45) is 0.265. The number of hydrogen-bond donors (Lipinski definition) is 1. The van der Waals surface area contributed by atoms with Gasteiger partial charge in [-0.25, -0.2) is 4.79 Å². The van der Waals surface area contributed by atoms with E-state index in [-0.39, 0.29) is 6.09 Å². The molecule has 0 fully saturated rings. The van der Waals surface area contributed by atoms with E-state index < -0.39 is 5.60 Å². The molecule has 0 unspecified atom stereocenters. The number of nitrogens with one attached hydrogen (secondary N) is 1. The predicted octanol–water partition coefficient (Wildman–Crippen LogP) is 0.989. The molecule has 0 saturated heterocycles. The van der Waals surface area contributed by atoms with E-state index >= 15 is 0 Å². The standard InChI is InChI=1S/C10H20N2O3/c1-5-12(7-6-11-8-13)9(14)15-10(2,3)4/h8H,5-7H2,1-4H3,(H,11,13). The molecule has 15 heavy (non-hydrogen) atoms. The number of amides is 2. The summed E-state index contributed by atoms with van der Waals surface area (Å²) in [7, 11) is 0. The van der Waals surface area contributed by atoms with Crippen LogP contribution in [0.1, 0.15) is 27.7 Å². The first-order valence-electron chi connectivity index (χ1n) is 5.05. The minimum Gasteiger partial charge on any atom is -0.444 e. The van der Waals surface area contributed by atoms with Gasteiger partial charge in [0.1, 0.15) is 5.60 Å². The molecule has 5 nitrogen and oxygen atoms in total. The number of likely N-dealkylation sites (N-methyl/N-ethyl adjacent to an activating group) is 1. The van der Waals surface area contributed by atoms with Crippen LogP contribution in [-0.4, -0.2) is 42.6 Å². The maximum atomic E-state index is 11.6. The first kappa shape index (κ1) is 13.7. The number of rotatable bonds is 5. The number of nitrogens with zero attached hydrogens (tertiary/aromatic N) is 1. The molecule has 0 aliphatic carbocycles. The fourth-order valence-electron chi connectivity index (χ4n) is 0.963. The average molecular weight is 216 g/mol. The van der Waals surface area contributed by atoms with Crippen molar-refractivity contribution in [3.05, 3.63) is 0 Å². The fraction of sp³-hybridized carbons (Fsp3) is 0.800. The van der Waals surface area contributed by atoms with Gasteiger partial charge in [0.15, 0.2) is 0 Å². The van der Waals surface area contributed by atoms with Gasteiger partial charge in [0.25, 0.3) is 0 Å².